The Labute approximate surface area is 169 Å². The van der Waals surface area contributed by atoms with Crippen molar-refractivity contribution in [3.05, 3.63) is 40.7 Å². The molecule has 0 radical (unpaired) electrons. The molecule has 3 heterocycles. The van der Waals surface area contributed by atoms with Crippen molar-refractivity contribution in [3.8, 4) is 11.3 Å². The molecule has 1 saturated heterocycles. The molecule has 1 aromatic heterocycles. The van der Waals surface area contributed by atoms with Crippen LogP contribution in [-0.2, 0) is 4.74 Å². The van der Waals surface area contributed by atoms with Crippen LogP contribution in [0.2, 0.25) is 0 Å². The first kappa shape index (κ1) is 18.6. The van der Waals surface area contributed by atoms with Crippen LogP contribution >= 0.6 is 35.3 Å². The number of guanidine groups is 1. The van der Waals surface area contributed by atoms with Gasteiger partial charge in [0.2, 0.25) is 0 Å². The van der Waals surface area contributed by atoms with Crippen LogP contribution < -0.4 is 10.6 Å². The quantitative estimate of drug-likeness (QED) is 0.674. The number of ether oxygens (including phenoxy) is 1. The van der Waals surface area contributed by atoms with Crippen LogP contribution in [-0.4, -0.2) is 36.2 Å². The number of benzene rings is 1. The third-order valence-corrected chi connectivity index (χ3v) is 5.72. The molecule has 25 heavy (non-hydrogen) atoms. The lowest BCUT2D eigenvalue weighted by Gasteiger charge is -2.33. The summed E-state index contributed by atoms with van der Waals surface area (Å²) in [5.74, 6) is 0.890. The highest BCUT2D eigenvalue weighted by molar-refractivity contribution is 14.0. The van der Waals surface area contributed by atoms with Gasteiger partial charge in [-0.05, 0) is 19.8 Å². The van der Waals surface area contributed by atoms with Gasteiger partial charge in [-0.25, -0.2) is 4.98 Å². The number of aromatic nitrogens is 1. The molecular formula is C18H23IN4OS. The van der Waals surface area contributed by atoms with Crippen LogP contribution in [0.4, 0.5) is 0 Å². The second-order valence-corrected chi connectivity index (χ2v) is 7.38. The predicted molar refractivity (Wildman–Crippen MR) is 113 cm³/mol. The Morgan fingerprint density at radius 1 is 1.24 bits per heavy atom. The van der Waals surface area contributed by atoms with Crippen molar-refractivity contribution < 1.29 is 4.74 Å². The maximum atomic E-state index is 5.47. The molecule has 2 N–H and O–H groups in total. The van der Waals surface area contributed by atoms with Gasteiger partial charge in [0.25, 0.3) is 0 Å². The number of halogens is 1. The molecule has 1 atom stereocenters. The summed E-state index contributed by atoms with van der Waals surface area (Å²) in [5, 5.41) is 10.3. The van der Waals surface area contributed by atoms with Crippen molar-refractivity contribution in [2.24, 2.45) is 4.99 Å². The minimum Gasteiger partial charge on any atom is -0.381 e. The van der Waals surface area contributed by atoms with Crippen LogP contribution in [0.15, 0.2) is 40.7 Å². The molecule has 134 valence electrons. The van der Waals surface area contributed by atoms with Crippen molar-refractivity contribution in [3.63, 3.8) is 0 Å². The summed E-state index contributed by atoms with van der Waals surface area (Å²) in [4.78, 5) is 9.44. The highest BCUT2D eigenvalue weighted by Crippen LogP contribution is 2.27. The van der Waals surface area contributed by atoms with Gasteiger partial charge in [-0.15, -0.1) is 35.3 Å². The van der Waals surface area contributed by atoms with Gasteiger partial charge in [0.15, 0.2) is 5.96 Å². The van der Waals surface area contributed by atoms with E-state index in [4.69, 9.17) is 9.72 Å². The van der Waals surface area contributed by atoms with Crippen LogP contribution in [0.5, 0.6) is 0 Å². The zero-order valence-corrected chi connectivity index (χ0v) is 17.3. The SMILES string of the molecule is CC(NC1=NCC2(CCOCC2)N1)c1nc(-c2ccccc2)cs1.I. The van der Waals surface area contributed by atoms with Gasteiger partial charge < -0.3 is 15.4 Å². The second-order valence-electron chi connectivity index (χ2n) is 6.49. The lowest BCUT2D eigenvalue weighted by atomic mass is 9.91. The van der Waals surface area contributed by atoms with E-state index >= 15 is 0 Å². The first-order valence-electron chi connectivity index (χ1n) is 8.42. The van der Waals surface area contributed by atoms with Gasteiger partial charge in [0, 0.05) is 24.2 Å². The first-order chi connectivity index (χ1) is 11.7. The molecule has 2 aromatic rings. The molecule has 7 heteroatoms. The Kier molecular flexibility index (Phi) is 5.96. The molecule has 0 saturated carbocycles. The number of hydrogen-bond donors (Lipinski definition) is 2. The molecule has 1 spiro atoms. The predicted octanol–water partition coefficient (Wildman–Crippen LogP) is 3.59. The van der Waals surface area contributed by atoms with Gasteiger partial charge in [-0.1, -0.05) is 30.3 Å². The lowest BCUT2D eigenvalue weighted by molar-refractivity contribution is 0.0519. The summed E-state index contributed by atoms with van der Waals surface area (Å²) in [7, 11) is 0. The number of hydrogen-bond acceptors (Lipinski definition) is 6. The zero-order chi connectivity index (χ0) is 16.4. The van der Waals surface area contributed by atoms with Gasteiger partial charge in [0.1, 0.15) is 5.01 Å². The Bertz CT molecular complexity index is 728. The molecule has 5 nitrogen and oxygen atoms in total. The number of nitrogens with one attached hydrogen (secondary N) is 2. The van der Waals surface area contributed by atoms with E-state index in [0.717, 1.165) is 54.8 Å². The standard InChI is InChI=1S/C18H22N4OS.HI/c1-13(16-21-15(11-24-16)14-5-3-2-4-6-14)20-17-19-12-18(22-17)7-9-23-10-8-18;/h2-6,11,13H,7-10,12H2,1H3,(H2,19,20,22);1H. The van der Waals surface area contributed by atoms with Crippen LogP contribution in [0.25, 0.3) is 11.3 Å². The molecule has 0 bridgehead atoms. The average Bonchev–Trinajstić information content (AvgIpc) is 3.25. The van der Waals surface area contributed by atoms with E-state index < -0.39 is 0 Å². The van der Waals surface area contributed by atoms with Crippen molar-refractivity contribution in [2.45, 2.75) is 31.3 Å². The van der Waals surface area contributed by atoms with E-state index in [9.17, 15) is 0 Å². The summed E-state index contributed by atoms with van der Waals surface area (Å²) in [6, 6.07) is 10.4. The molecule has 1 unspecified atom stereocenters. The van der Waals surface area contributed by atoms with E-state index in [1.807, 2.05) is 18.2 Å². The molecule has 0 aliphatic carbocycles. The molecule has 1 fully saturated rings. The Morgan fingerprint density at radius 2 is 2.00 bits per heavy atom. The smallest absolute Gasteiger partial charge is 0.192 e. The summed E-state index contributed by atoms with van der Waals surface area (Å²) >= 11 is 1.69. The van der Waals surface area contributed by atoms with E-state index in [0.29, 0.717) is 0 Å². The van der Waals surface area contributed by atoms with Crippen LogP contribution in [0.3, 0.4) is 0 Å². The number of aliphatic imine (C=N–C) groups is 1. The zero-order valence-electron chi connectivity index (χ0n) is 14.2. The van der Waals surface area contributed by atoms with Crippen molar-refractivity contribution in [1.29, 1.82) is 0 Å². The largest absolute Gasteiger partial charge is 0.381 e. The molecule has 2 aliphatic rings. The molecule has 0 amide bonds. The highest BCUT2D eigenvalue weighted by Gasteiger charge is 2.37. The second kappa shape index (κ2) is 8.01. The third kappa shape index (κ3) is 4.15. The monoisotopic (exact) mass is 470 g/mol. The van der Waals surface area contributed by atoms with Crippen molar-refractivity contribution in [2.75, 3.05) is 19.8 Å². The minimum atomic E-state index is 0. The van der Waals surface area contributed by atoms with Gasteiger partial charge in [0.05, 0.1) is 23.8 Å². The normalized spacial score (nSPS) is 19.6. The number of nitrogens with zero attached hydrogens (tertiary/aromatic N) is 2. The van der Waals surface area contributed by atoms with Gasteiger partial charge in [-0.2, -0.15) is 0 Å². The molecule has 1 aromatic carbocycles. The summed E-state index contributed by atoms with van der Waals surface area (Å²) in [6.07, 6.45) is 2.04. The topological polar surface area (TPSA) is 58.5 Å². The van der Waals surface area contributed by atoms with Gasteiger partial charge in [-0.3, -0.25) is 4.99 Å². The maximum absolute atomic E-state index is 5.47. The number of thiazole rings is 1. The summed E-state index contributed by atoms with van der Waals surface area (Å²) in [5.41, 5.74) is 2.29. The van der Waals surface area contributed by atoms with Crippen LogP contribution in [0.1, 0.15) is 30.8 Å². The number of rotatable bonds is 3. The Hall–Kier alpha value is -1.19. The maximum Gasteiger partial charge on any atom is 0.192 e. The molecular weight excluding hydrogens is 447 g/mol. The fraction of sp³-hybridized carbons (Fsp3) is 0.444. The summed E-state index contributed by atoms with van der Waals surface area (Å²) in [6.45, 7) is 4.60. The Balaban J connectivity index is 0.00000182. The third-order valence-electron chi connectivity index (χ3n) is 4.69. The van der Waals surface area contributed by atoms with Crippen LogP contribution in [0, 0.1) is 0 Å². The van der Waals surface area contributed by atoms with E-state index in [-0.39, 0.29) is 35.6 Å². The first-order valence-corrected chi connectivity index (χ1v) is 9.30. The Morgan fingerprint density at radius 3 is 2.76 bits per heavy atom. The lowest BCUT2D eigenvalue weighted by Crippen LogP contribution is -2.52. The fourth-order valence-corrected chi connectivity index (χ4v) is 4.02. The van der Waals surface area contributed by atoms with Gasteiger partial charge >= 0.3 is 0 Å². The molecule has 4 rings (SSSR count). The average molecular weight is 470 g/mol. The van der Waals surface area contributed by atoms with E-state index in [2.05, 4.69) is 40.1 Å². The van der Waals surface area contributed by atoms with Crippen molar-refractivity contribution in [1.82, 2.24) is 15.6 Å². The summed E-state index contributed by atoms with van der Waals surface area (Å²) < 4.78 is 5.47. The highest BCUT2D eigenvalue weighted by atomic mass is 127. The minimum absolute atomic E-state index is 0. The van der Waals surface area contributed by atoms with Crippen molar-refractivity contribution >= 4 is 41.3 Å². The molecule has 2 aliphatic heterocycles. The van der Waals surface area contributed by atoms with E-state index in [1.165, 1.54) is 0 Å². The fourth-order valence-electron chi connectivity index (χ4n) is 3.18. The van der Waals surface area contributed by atoms with E-state index in [1.54, 1.807) is 11.3 Å².